The molecule has 1 aromatic heterocycles. The largest absolute Gasteiger partial charge is 0.389 e. The maximum Gasteiger partial charge on any atom is 0.238 e. The molecular weight excluding hydrogens is 260 g/mol. The Hall–Kier alpha value is -1.15. The van der Waals surface area contributed by atoms with E-state index in [4.69, 9.17) is 18.0 Å². The number of thiocarbonyl (C=S) groups is 1. The average molecular weight is 276 g/mol. The third kappa shape index (κ3) is 2.75. The highest BCUT2D eigenvalue weighted by Gasteiger charge is 2.30. The van der Waals surface area contributed by atoms with Crippen molar-refractivity contribution >= 4 is 33.0 Å². The fraction of sp³-hybridized carbons (Fsp3) is 0.556. The van der Waals surface area contributed by atoms with Crippen LogP contribution >= 0.6 is 12.2 Å². The maximum absolute atomic E-state index is 12.0. The van der Waals surface area contributed by atoms with E-state index in [1.807, 2.05) is 0 Å². The molecule has 3 N–H and O–H groups in total. The average Bonchev–Trinajstić information content (AvgIpc) is 2.45. The second-order valence-corrected chi connectivity index (χ2v) is 7.49. The van der Waals surface area contributed by atoms with Crippen molar-refractivity contribution in [2.75, 3.05) is 4.72 Å². The van der Waals surface area contributed by atoms with Crippen LogP contribution in [0.15, 0.2) is 6.20 Å². The second kappa shape index (κ2) is 4.26. The van der Waals surface area contributed by atoms with E-state index >= 15 is 0 Å². The van der Waals surface area contributed by atoms with Crippen molar-refractivity contribution in [1.29, 1.82) is 0 Å². The van der Waals surface area contributed by atoms with E-state index in [2.05, 4.69) is 9.82 Å². The Kier molecular flexibility index (Phi) is 3.49. The smallest absolute Gasteiger partial charge is 0.238 e. The van der Waals surface area contributed by atoms with Gasteiger partial charge in [0, 0.05) is 7.05 Å². The predicted octanol–water partition coefficient (Wildman–Crippen LogP) is 0.594. The van der Waals surface area contributed by atoms with Gasteiger partial charge in [0.15, 0.2) is 0 Å². The van der Waals surface area contributed by atoms with Crippen LogP contribution in [0.5, 0.6) is 0 Å². The van der Waals surface area contributed by atoms with Gasteiger partial charge in [-0.3, -0.25) is 9.40 Å². The quantitative estimate of drug-likeness (QED) is 0.789. The summed E-state index contributed by atoms with van der Waals surface area (Å²) in [6.45, 7) is 4.81. The Morgan fingerprint density at radius 3 is 2.47 bits per heavy atom. The second-order valence-electron chi connectivity index (χ2n) is 4.61. The molecule has 0 saturated heterocycles. The van der Waals surface area contributed by atoms with Gasteiger partial charge in [-0.15, -0.1) is 0 Å². The summed E-state index contributed by atoms with van der Waals surface area (Å²) < 4.78 is 26.9. The van der Waals surface area contributed by atoms with E-state index in [-0.39, 0.29) is 10.8 Å². The summed E-state index contributed by atoms with van der Waals surface area (Å²) in [4.78, 5) is 0.102. The molecule has 0 atom stereocenters. The molecule has 0 radical (unpaired) electrons. The molecule has 6 nitrogen and oxygen atoms in total. The maximum atomic E-state index is 12.0. The van der Waals surface area contributed by atoms with Gasteiger partial charge in [-0.1, -0.05) is 12.2 Å². The Morgan fingerprint density at radius 2 is 2.06 bits per heavy atom. The fourth-order valence-electron chi connectivity index (χ4n) is 1.02. The van der Waals surface area contributed by atoms with Crippen LogP contribution in [0.1, 0.15) is 26.3 Å². The molecule has 0 fully saturated rings. The first-order chi connectivity index (χ1) is 7.56. The Bertz CT molecular complexity index is 540. The van der Waals surface area contributed by atoms with Crippen LogP contribution < -0.4 is 10.5 Å². The standard InChI is InChI=1S/C9H16N4O2S2/c1-9(2,3)17(14,15)12-8-6(7(10)16)5-11-13(8)4/h5,12H,1-4H3,(H2,10,16). The van der Waals surface area contributed by atoms with Crippen LogP contribution in [0.3, 0.4) is 0 Å². The lowest BCUT2D eigenvalue weighted by atomic mass is 10.3. The lowest BCUT2D eigenvalue weighted by Gasteiger charge is -2.20. The summed E-state index contributed by atoms with van der Waals surface area (Å²) in [5.41, 5.74) is 5.91. The van der Waals surface area contributed by atoms with E-state index in [1.54, 1.807) is 27.8 Å². The number of hydrogen-bond donors (Lipinski definition) is 2. The van der Waals surface area contributed by atoms with Crippen molar-refractivity contribution < 1.29 is 8.42 Å². The zero-order valence-electron chi connectivity index (χ0n) is 10.2. The number of anilines is 1. The van der Waals surface area contributed by atoms with Crippen molar-refractivity contribution in [1.82, 2.24) is 9.78 Å². The molecule has 1 aromatic rings. The van der Waals surface area contributed by atoms with Crippen molar-refractivity contribution in [2.24, 2.45) is 12.8 Å². The van der Waals surface area contributed by atoms with Crippen LogP contribution in [0.25, 0.3) is 0 Å². The molecule has 0 amide bonds. The summed E-state index contributed by atoms with van der Waals surface area (Å²) in [7, 11) is -1.91. The van der Waals surface area contributed by atoms with E-state index in [9.17, 15) is 8.42 Å². The molecule has 0 spiro atoms. The first-order valence-electron chi connectivity index (χ1n) is 4.90. The molecule has 0 unspecified atom stereocenters. The molecule has 17 heavy (non-hydrogen) atoms. The lowest BCUT2D eigenvalue weighted by Crippen LogP contribution is -2.35. The fourth-order valence-corrected chi connectivity index (χ4v) is 1.97. The van der Waals surface area contributed by atoms with Crippen LogP contribution in [0, 0.1) is 0 Å². The van der Waals surface area contributed by atoms with E-state index in [1.165, 1.54) is 10.9 Å². The number of aromatic nitrogens is 2. The first kappa shape index (κ1) is 13.9. The van der Waals surface area contributed by atoms with Crippen molar-refractivity contribution in [2.45, 2.75) is 25.5 Å². The van der Waals surface area contributed by atoms with Crippen molar-refractivity contribution in [3.63, 3.8) is 0 Å². The van der Waals surface area contributed by atoms with Gasteiger partial charge >= 0.3 is 0 Å². The highest BCUT2D eigenvalue weighted by Crippen LogP contribution is 2.21. The minimum absolute atomic E-state index is 0.102. The number of nitrogens with one attached hydrogen (secondary N) is 1. The number of nitrogens with zero attached hydrogens (tertiary/aromatic N) is 2. The zero-order chi connectivity index (χ0) is 13.4. The molecule has 0 saturated carbocycles. The van der Waals surface area contributed by atoms with Gasteiger partial charge in [-0.25, -0.2) is 8.42 Å². The van der Waals surface area contributed by atoms with Gasteiger partial charge in [0.1, 0.15) is 10.8 Å². The lowest BCUT2D eigenvalue weighted by molar-refractivity contribution is 0.565. The predicted molar refractivity (Wildman–Crippen MR) is 71.4 cm³/mol. The molecule has 1 rings (SSSR count). The van der Waals surface area contributed by atoms with Gasteiger partial charge in [-0.05, 0) is 20.8 Å². The molecule has 96 valence electrons. The minimum Gasteiger partial charge on any atom is -0.389 e. The molecule has 0 aliphatic carbocycles. The van der Waals surface area contributed by atoms with E-state index in [0.717, 1.165) is 0 Å². The zero-order valence-corrected chi connectivity index (χ0v) is 11.8. The summed E-state index contributed by atoms with van der Waals surface area (Å²) in [6, 6.07) is 0. The first-order valence-corrected chi connectivity index (χ1v) is 6.79. The monoisotopic (exact) mass is 276 g/mol. The Labute approximate surface area is 106 Å². The number of aryl methyl sites for hydroxylation is 1. The number of hydrogen-bond acceptors (Lipinski definition) is 4. The molecular formula is C9H16N4O2S2. The number of rotatable bonds is 3. The van der Waals surface area contributed by atoms with Crippen molar-refractivity contribution in [3.8, 4) is 0 Å². The Morgan fingerprint density at radius 1 is 1.53 bits per heavy atom. The summed E-state index contributed by atoms with van der Waals surface area (Å²) in [6.07, 6.45) is 1.43. The topological polar surface area (TPSA) is 90.0 Å². The highest BCUT2D eigenvalue weighted by atomic mass is 32.2. The minimum atomic E-state index is -3.53. The third-order valence-electron chi connectivity index (χ3n) is 2.24. The van der Waals surface area contributed by atoms with Crippen LogP contribution in [-0.2, 0) is 17.1 Å². The van der Waals surface area contributed by atoms with Crippen LogP contribution in [0.4, 0.5) is 5.82 Å². The normalized spacial score (nSPS) is 12.5. The summed E-state index contributed by atoms with van der Waals surface area (Å²) in [5.74, 6) is 0.285. The molecule has 1 heterocycles. The number of nitrogens with two attached hydrogens (primary N) is 1. The van der Waals surface area contributed by atoms with Crippen LogP contribution in [0.2, 0.25) is 0 Å². The SMILES string of the molecule is Cn1ncc(C(N)=S)c1NS(=O)(=O)C(C)(C)C. The molecule has 0 aliphatic rings. The molecule has 8 heteroatoms. The van der Waals surface area contributed by atoms with Crippen LogP contribution in [-0.4, -0.2) is 27.9 Å². The van der Waals surface area contributed by atoms with Crippen molar-refractivity contribution in [3.05, 3.63) is 11.8 Å². The van der Waals surface area contributed by atoms with E-state index < -0.39 is 14.8 Å². The molecule has 0 aromatic carbocycles. The third-order valence-corrected chi connectivity index (χ3v) is 4.54. The molecule has 0 aliphatic heterocycles. The summed E-state index contributed by atoms with van der Waals surface area (Å²) >= 11 is 4.84. The van der Waals surface area contributed by atoms with E-state index in [0.29, 0.717) is 5.56 Å². The highest BCUT2D eigenvalue weighted by molar-refractivity contribution is 7.94. The Balaban J connectivity index is 3.21. The summed E-state index contributed by atoms with van der Waals surface area (Å²) in [5, 5.41) is 3.93. The van der Waals surface area contributed by atoms with Gasteiger partial charge in [0.05, 0.1) is 16.5 Å². The van der Waals surface area contributed by atoms with Gasteiger partial charge in [0.25, 0.3) is 0 Å². The molecule has 0 bridgehead atoms. The van der Waals surface area contributed by atoms with Gasteiger partial charge in [-0.2, -0.15) is 5.10 Å². The van der Waals surface area contributed by atoms with Gasteiger partial charge in [0.2, 0.25) is 10.0 Å². The van der Waals surface area contributed by atoms with Gasteiger partial charge < -0.3 is 5.73 Å². The number of sulfonamides is 1.